The van der Waals surface area contributed by atoms with Crippen LogP contribution in [0.1, 0.15) is 44.2 Å². The Balaban J connectivity index is 1.45. The van der Waals surface area contributed by atoms with Crippen molar-refractivity contribution in [3.63, 3.8) is 0 Å². The topological polar surface area (TPSA) is 36.4 Å². The van der Waals surface area contributed by atoms with Crippen molar-refractivity contribution in [3.05, 3.63) is 53.2 Å². The molecule has 0 N–H and O–H groups in total. The highest BCUT2D eigenvalue weighted by atomic mass is 35.5. The van der Waals surface area contributed by atoms with E-state index in [1.54, 1.807) is 6.92 Å². The SMILES string of the molecule is CC(=O)N1CCC(N2CCCC(c3cccc(-c4cccc(Cl)c4)n3)C2)CC1. The smallest absolute Gasteiger partial charge is 0.219 e. The third-order valence-electron chi connectivity index (χ3n) is 6.19. The maximum atomic E-state index is 11.6. The van der Waals surface area contributed by atoms with Crippen LogP contribution in [-0.4, -0.2) is 52.9 Å². The minimum Gasteiger partial charge on any atom is -0.343 e. The molecule has 28 heavy (non-hydrogen) atoms. The number of piperidine rings is 2. The fourth-order valence-corrected chi connectivity index (χ4v) is 4.80. The maximum Gasteiger partial charge on any atom is 0.219 e. The van der Waals surface area contributed by atoms with Gasteiger partial charge in [-0.1, -0.05) is 29.8 Å². The molecular weight excluding hydrogens is 370 g/mol. The number of likely N-dealkylation sites (tertiary alicyclic amines) is 2. The second kappa shape index (κ2) is 8.62. The number of pyridine rings is 1. The average molecular weight is 398 g/mol. The molecule has 1 aromatic carbocycles. The van der Waals surface area contributed by atoms with Crippen LogP contribution in [0.25, 0.3) is 11.3 Å². The molecule has 3 heterocycles. The lowest BCUT2D eigenvalue weighted by atomic mass is 9.91. The molecule has 5 heteroatoms. The maximum absolute atomic E-state index is 11.6. The van der Waals surface area contributed by atoms with Gasteiger partial charge in [0.1, 0.15) is 0 Å². The van der Waals surface area contributed by atoms with Crippen LogP contribution in [0.3, 0.4) is 0 Å². The lowest BCUT2D eigenvalue weighted by Crippen LogP contribution is -2.49. The van der Waals surface area contributed by atoms with Crippen molar-refractivity contribution in [2.24, 2.45) is 0 Å². The van der Waals surface area contributed by atoms with Gasteiger partial charge < -0.3 is 4.90 Å². The summed E-state index contributed by atoms with van der Waals surface area (Å²) in [6, 6.07) is 14.8. The summed E-state index contributed by atoms with van der Waals surface area (Å²) in [6.45, 7) is 5.69. The number of nitrogens with zero attached hydrogens (tertiary/aromatic N) is 3. The van der Waals surface area contributed by atoms with Crippen LogP contribution in [0.2, 0.25) is 5.02 Å². The van der Waals surface area contributed by atoms with Crippen molar-refractivity contribution in [2.75, 3.05) is 26.2 Å². The summed E-state index contributed by atoms with van der Waals surface area (Å²) < 4.78 is 0. The lowest BCUT2D eigenvalue weighted by molar-refractivity contribution is -0.130. The van der Waals surface area contributed by atoms with Gasteiger partial charge >= 0.3 is 0 Å². The molecule has 2 saturated heterocycles. The van der Waals surface area contributed by atoms with Crippen LogP contribution in [0.4, 0.5) is 0 Å². The second-order valence-corrected chi connectivity index (χ2v) is 8.47. The Kier molecular flexibility index (Phi) is 5.98. The first-order chi connectivity index (χ1) is 13.6. The summed E-state index contributed by atoms with van der Waals surface area (Å²) in [5, 5.41) is 0.741. The van der Waals surface area contributed by atoms with Crippen LogP contribution in [-0.2, 0) is 4.79 Å². The van der Waals surface area contributed by atoms with Gasteiger partial charge in [-0.15, -0.1) is 0 Å². The third-order valence-corrected chi connectivity index (χ3v) is 6.42. The highest BCUT2D eigenvalue weighted by Gasteiger charge is 2.30. The largest absolute Gasteiger partial charge is 0.343 e. The van der Waals surface area contributed by atoms with Gasteiger partial charge in [-0.3, -0.25) is 14.7 Å². The molecule has 1 amide bonds. The van der Waals surface area contributed by atoms with Crippen LogP contribution < -0.4 is 0 Å². The summed E-state index contributed by atoms with van der Waals surface area (Å²) in [6.07, 6.45) is 4.57. The van der Waals surface area contributed by atoms with E-state index in [1.807, 2.05) is 23.1 Å². The molecule has 4 rings (SSSR count). The molecule has 0 saturated carbocycles. The predicted molar refractivity (Wildman–Crippen MR) is 114 cm³/mol. The molecule has 2 fully saturated rings. The van der Waals surface area contributed by atoms with E-state index < -0.39 is 0 Å². The number of halogens is 1. The molecule has 0 radical (unpaired) electrons. The molecule has 148 valence electrons. The van der Waals surface area contributed by atoms with Gasteiger partial charge in [0.25, 0.3) is 0 Å². The first kappa shape index (κ1) is 19.4. The number of hydrogen-bond donors (Lipinski definition) is 0. The number of amides is 1. The van der Waals surface area contributed by atoms with Gasteiger partial charge in [-0.05, 0) is 56.5 Å². The molecule has 2 aromatic rings. The van der Waals surface area contributed by atoms with Crippen molar-refractivity contribution in [1.29, 1.82) is 0 Å². The number of rotatable bonds is 3. The first-order valence-electron chi connectivity index (χ1n) is 10.3. The Morgan fingerprint density at radius 2 is 1.86 bits per heavy atom. The number of carbonyl (C=O) groups excluding carboxylic acids is 1. The number of aromatic nitrogens is 1. The molecule has 0 aliphatic carbocycles. The summed E-state index contributed by atoms with van der Waals surface area (Å²) in [5.74, 6) is 0.677. The highest BCUT2D eigenvalue weighted by molar-refractivity contribution is 6.30. The van der Waals surface area contributed by atoms with Crippen LogP contribution in [0.15, 0.2) is 42.5 Å². The minimum atomic E-state index is 0.206. The fourth-order valence-electron chi connectivity index (χ4n) is 4.61. The van der Waals surface area contributed by atoms with Gasteiger partial charge in [0, 0.05) is 54.8 Å². The Bertz CT molecular complexity index is 832. The molecule has 2 aliphatic rings. The predicted octanol–water partition coefficient (Wildman–Crippen LogP) is 4.59. The Morgan fingerprint density at radius 1 is 1.07 bits per heavy atom. The number of carbonyl (C=O) groups is 1. The van der Waals surface area contributed by atoms with E-state index in [-0.39, 0.29) is 5.91 Å². The zero-order valence-corrected chi connectivity index (χ0v) is 17.2. The Labute approximate surface area is 172 Å². The normalized spacial score (nSPS) is 21.6. The van der Waals surface area contributed by atoms with Gasteiger partial charge in [0.2, 0.25) is 5.91 Å². The molecule has 1 unspecified atom stereocenters. The zero-order valence-electron chi connectivity index (χ0n) is 16.5. The van der Waals surface area contributed by atoms with Crippen molar-refractivity contribution in [3.8, 4) is 11.3 Å². The van der Waals surface area contributed by atoms with E-state index in [2.05, 4.69) is 29.2 Å². The van der Waals surface area contributed by atoms with Crippen molar-refractivity contribution in [1.82, 2.24) is 14.8 Å². The summed E-state index contributed by atoms with van der Waals surface area (Å²) in [5.41, 5.74) is 3.24. The van der Waals surface area contributed by atoms with E-state index in [1.165, 1.54) is 18.5 Å². The van der Waals surface area contributed by atoms with E-state index in [9.17, 15) is 4.79 Å². The van der Waals surface area contributed by atoms with Gasteiger partial charge in [0.15, 0.2) is 0 Å². The van der Waals surface area contributed by atoms with Crippen molar-refractivity contribution >= 4 is 17.5 Å². The standard InChI is InChI=1S/C23H28ClN3O/c1-17(28)26-13-10-21(11-14-26)27-12-4-6-19(16-27)23-9-3-8-22(25-23)18-5-2-7-20(24)15-18/h2-3,5,7-9,15,19,21H,4,6,10-14,16H2,1H3. The second-order valence-electron chi connectivity index (χ2n) is 8.03. The summed E-state index contributed by atoms with van der Waals surface area (Å²) in [4.78, 5) is 21.2. The molecule has 2 aliphatic heterocycles. The van der Waals surface area contributed by atoms with E-state index in [0.29, 0.717) is 12.0 Å². The third kappa shape index (κ3) is 4.39. The zero-order chi connectivity index (χ0) is 19.5. The molecule has 1 aromatic heterocycles. The molecule has 4 nitrogen and oxygen atoms in total. The first-order valence-corrected chi connectivity index (χ1v) is 10.7. The van der Waals surface area contributed by atoms with Crippen molar-refractivity contribution < 1.29 is 4.79 Å². The average Bonchev–Trinajstić information content (AvgIpc) is 2.74. The van der Waals surface area contributed by atoms with E-state index in [4.69, 9.17) is 16.6 Å². The van der Waals surface area contributed by atoms with E-state index >= 15 is 0 Å². The Morgan fingerprint density at radius 3 is 2.61 bits per heavy atom. The summed E-state index contributed by atoms with van der Waals surface area (Å²) in [7, 11) is 0. The highest BCUT2D eigenvalue weighted by Crippen LogP contribution is 2.31. The summed E-state index contributed by atoms with van der Waals surface area (Å²) >= 11 is 6.16. The fraction of sp³-hybridized carbons (Fsp3) is 0.478. The van der Waals surface area contributed by atoms with Crippen LogP contribution >= 0.6 is 11.6 Å². The van der Waals surface area contributed by atoms with Crippen molar-refractivity contribution in [2.45, 2.75) is 44.6 Å². The van der Waals surface area contributed by atoms with Gasteiger partial charge in [-0.25, -0.2) is 0 Å². The molecular formula is C23H28ClN3O. The minimum absolute atomic E-state index is 0.206. The van der Waals surface area contributed by atoms with Crippen LogP contribution in [0.5, 0.6) is 0 Å². The van der Waals surface area contributed by atoms with Gasteiger partial charge in [0.05, 0.1) is 5.69 Å². The van der Waals surface area contributed by atoms with E-state index in [0.717, 1.165) is 55.3 Å². The number of benzene rings is 1. The van der Waals surface area contributed by atoms with Gasteiger partial charge in [-0.2, -0.15) is 0 Å². The Hall–Kier alpha value is -1.91. The molecule has 0 spiro atoms. The monoisotopic (exact) mass is 397 g/mol. The molecule has 0 bridgehead atoms. The molecule has 1 atom stereocenters. The lowest BCUT2D eigenvalue weighted by Gasteiger charge is -2.42. The number of hydrogen-bond acceptors (Lipinski definition) is 3. The quantitative estimate of drug-likeness (QED) is 0.759. The van der Waals surface area contributed by atoms with Crippen LogP contribution in [0, 0.1) is 0 Å².